The van der Waals surface area contributed by atoms with E-state index in [2.05, 4.69) is 13.8 Å². The molecule has 0 heterocycles. The van der Waals surface area contributed by atoms with Crippen LogP contribution in [0.2, 0.25) is 0 Å². The van der Waals surface area contributed by atoms with Gasteiger partial charge in [-0.2, -0.15) is 0 Å². The largest absolute Gasteiger partial charge is 0.467 e. The molecule has 4 nitrogen and oxygen atoms in total. The number of hydrogen-bond donors (Lipinski definition) is 1. The maximum atomic E-state index is 12.0. The SMILES string of the molecule is COC(=O)C(N)(CN(C)C(C)C)c1ccccc1. The molecule has 0 aliphatic carbocycles. The van der Waals surface area contributed by atoms with Crippen molar-refractivity contribution in [3.05, 3.63) is 35.9 Å². The molecule has 0 spiro atoms. The van der Waals surface area contributed by atoms with E-state index in [4.69, 9.17) is 10.5 Å². The van der Waals surface area contributed by atoms with Gasteiger partial charge in [0.1, 0.15) is 0 Å². The molecule has 0 radical (unpaired) electrons. The standard InChI is InChI=1S/C14H22N2O2/c1-11(2)16(3)10-14(15,13(17)18-4)12-8-6-5-7-9-12/h5-9,11H,10,15H2,1-4H3. The van der Waals surface area contributed by atoms with Crippen molar-refractivity contribution >= 4 is 5.97 Å². The Morgan fingerprint density at radius 2 is 1.94 bits per heavy atom. The molecule has 1 rings (SSSR count). The third kappa shape index (κ3) is 3.09. The lowest BCUT2D eigenvalue weighted by atomic mass is 9.90. The minimum absolute atomic E-state index is 0.307. The van der Waals surface area contributed by atoms with Crippen LogP contribution in [0, 0.1) is 0 Å². The molecule has 0 amide bonds. The summed E-state index contributed by atoms with van der Waals surface area (Å²) in [7, 11) is 3.31. The van der Waals surface area contributed by atoms with Crippen LogP contribution < -0.4 is 5.73 Å². The summed E-state index contributed by atoms with van der Waals surface area (Å²) in [6.45, 7) is 4.53. The molecule has 100 valence electrons. The van der Waals surface area contributed by atoms with Crippen molar-refractivity contribution in [3.8, 4) is 0 Å². The number of methoxy groups -OCH3 is 1. The molecule has 0 saturated heterocycles. The first-order valence-corrected chi connectivity index (χ1v) is 6.05. The average Bonchev–Trinajstić information content (AvgIpc) is 2.38. The quantitative estimate of drug-likeness (QED) is 0.802. The maximum absolute atomic E-state index is 12.0. The predicted molar refractivity (Wildman–Crippen MR) is 72.1 cm³/mol. The van der Waals surface area contributed by atoms with Crippen LogP contribution in [0.15, 0.2) is 30.3 Å². The monoisotopic (exact) mass is 250 g/mol. The first kappa shape index (κ1) is 14.7. The topological polar surface area (TPSA) is 55.6 Å². The van der Waals surface area contributed by atoms with Crippen LogP contribution in [-0.2, 0) is 15.1 Å². The zero-order chi connectivity index (χ0) is 13.8. The molecule has 4 heteroatoms. The second kappa shape index (κ2) is 5.98. The van der Waals surface area contributed by atoms with Crippen molar-refractivity contribution in [1.82, 2.24) is 4.90 Å². The molecule has 1 unspecified atom stereocenters. The molecule has 1 aromatic rings. The van der Waals surface area contributed by atoms with Crippen LogP contribution in [0.25, 0.3) is 0 Å². The van der Waals surface area contributed by atoms with Gasteiger partial charge in [0.2, 0.25) is 0 Å². The van der Waals surface area contributed by atoms with Gasteiger partial charge in [-0.1, -0.05) is 30.3 Å². The van der Waals surface area contributed by atoms with Gasteiger partial charge in [-0.25, -0.2) is 4.79 Å². The lowest BCUT2D eigenvalue weighted by Crippen LogP contribution is -2.54. The molecule has 1 atom stereocenters. The van der Waals surface area contributed by atoms with Crippen LogP contribution in [0.4, 0.5) is 0 Å². The molecule has 1 aromatic carbocycles. The van der Waals surface area contributed by atoms with Gasteiger partial charge >= 0.3 is 5.97 Å². The molecule has 0 aliphatic heterocycles. The highest BCUT2D eigenvalue weighted by atomic mass is 16.5. The van der Waals surface area contributed by atoms with Crippen LogP contribution in [0.5, 0.6) is 0 Å². The zero-order valence-electron chi connectivity index (χ0n) is 11.5. The highest BCUT2D eigenvalue weighted by Crippen LogP contribution is 2.21. The van der Waals surface area contributed by atoms with Crippen LogP contribution in [0.1, 0.15) is 19.4 Å². The van der Waals surface area contributed by atoms with E-state index in [-0.39, 0.29) is 0 Å². The number of nitrogens with zero attached hydrogens (tertiary/aromatic N) is 1. The number of ether oxygens (including phenoxy) is 1. The van der Waals surface area contributed by atoms with E-state index in [1.54, 1.807) is 0 Å². The van der Waals surface area contributed by atoms with E-state index < -0.39 is 11.5 Å². The second-order valence-corrected chi connectivity index (χ2v) is 4.84. The van der Waals surface area contributed by atoms with E-state index in [9.17, 15) is 4.79 Å². The van der Waals surface area contributed by atoms with Gasteiger partial charge in [0.25, 0.3) is 0 Å². The third-order valence-corrected chi connectivity index (χ3v) is 3.22. The molecule has 0 aromatic heterocycles. The summed E-state index contributed by atoms with van der Waals surface area (Å²) < 4.78 is 4.86. The van der Waals surface area contributed by atoms with Crippen LogP contribution in [-0.4, -0.2) is 37.6 Å². The number of rotatable bonds is 5. The third-order valence-electron chi connectivity index (χ3n) is 3.22. The number of esters is 1. The van der Waals surface area contributed by atoms with Gasteiger partial charge in [0.05, 0.1) is 7.11 Å². The van der Waals surface area contributed by atoms with Crippen LogP contribution in [0.3, 0.4) is 0 Å². The fourth-order valence-electron chi connectivity index (χ4n) is 1.77. The van der Waals surface area contributed by atoms with Gasteiger partial charge in [-0.3, -0.25) is 0 Å². The molecular weight excluding hydrogens is 228 g/mol. The molecule has 18 heavy (non-hydrogen) atoms. The van der Waals surface area contributed by atoms with Gasteiger partial charge in [0, 0.05) is 12.6 Å². The van der Waals surface area contributed by atoms with Crippen molar-refractivity contribution in [2.24, 2.45) is 5.73 Å². The summed E-state index contributed by atoms with van der Waals surface area (Å²) in [5, 5.41) is 0. The fraction of sp³-hybridized carbons (Fsp3) is 0.500. The summed E-state index contributed by atoms with van der Waals surface area (Å²) in [6, 6.07) is 9.65. The first-order chi connectivity index (χ1) is 8.41. The fourth-order valence-corrected chi connectivity index (χ4v) is 1.77. The van der Waals surface area contributed by atoms with E-state index in [0.29, 0.717) is 12.6 Å². The number of nitrogens with two attached hydrogens (primary N) is 1. The molecular formula is C14H22N2O2. The Hall–Kier alpha value is -1.39. The second-order valence-electron chi connectivity index (χ2n) is 4.84. The normalized spacial score (nSPS) is 14.6. The molecule has 0 aliphatic rings. The minimum atomic E-state index is -1.13. The summed E-state index contributed by atoms with van der Waals surface area (Å²) in [6.07, 6.45) is 0. The Balaban J connectivity index is 3.08. The lowest BCUT2D eigenvalue weighted by Gasteiger charge is -2.33. The van der Waals surface area contributed by atoms with E-state index >= 15 is 0 Å². The molecule has 0 fully saturated rings. The Bertz CT molecular complexity index is 392. The molecule has 0 saturated carbocycles. The predicted octanol–water partition coefficient (Wildman–Crippen LogP) is 1.35. The highest BCUT2D eigenvalue weighted by molar-refractivity contribution is 5.82. The van der Waals surface area contributed by atoms with E-state index in [0.717, 1.165) is 5.56 Å². The van der Waals surface area contributed by atoms with Crippen LogP contribution >= 0.6 is 0 Å². The summed E-state index contributed by atoms with van der Waals surface area (Å²) in [5.41, 5.74) is 5.93. The highest BCUT2D eigenvalue weighted by Gasteiger charge is 2.38. The minimum Gasteiger partial charge on any atom is -0.467 e. The number of likely N-dealkylation sites (N-methyl/N-ethyl adjacent to an activating group) is 1. The summed E-state index contributed by atoms with van der Waals surface area (Å²) in [5.74, 6) is -0.416. The molecule has 2 N–H and O–H groups in total. The number of carbonyl (C=O) groups excluding carboxylic acids is 1. The summed E-state index contributed by atoms with van der Waals surface area (Å²) >= 11 is 0. The van der Waals surface area contributed by atoms with Gasteiger partial charge in [-0.15, -0.1) is 0 Å². The van der Waals surface area contributed by atoms with Gasteiger partial charge < -0.3 is 15.4 Å². The number of hydrogen-bond acceptors (Lipinski definition) is 4. The van der Waals surface area contributed by atoms with E-state index in [1.807, 2.05) is 42.3 Å². The number of benzene rings is 1. The first-order valence-electron chi connectivity index (χ1n) is 6.05. The zero-order valence-corrected chi connectivity index (χ0v) is 11.5. The lowest BCUT2D eigenvalue weighted by molar-refractivity contribution is -0.148. The van der Waals surface area contributed by atoms with Crippen molar-refractivity contribution in [2.75, 3.05) is 20.7 Å². The van der Waals surface area contributed by atoms with Gasteiger partial charge in [-0.05, 0) is 26.5 Å². The average molecular weight is 250 g/mol. The van der Waals surface area contributed by atoms with Crippen molar-refractivity contribution in [3.63, 3.8) is 0 Å². The Morgan fingerprint density at radius 1 is 1.39 bits per heavy atom. The Morgan fingerprint density at radius 3 is 2.39 bits per heavy atom. The number of carbonyl (C=O) groups is 1. The molecule has 0 bridgehead atoms. The smallest absolute Gasteiger partial charge is 0.331 e. The maximum Gasteiger partial charge on any atom is 0.331 e. The Kier molecular flexibility index (Phi) is 4.87. The van der Waals surface area contributed by atoms with Crippen molar-refractivity contribution in [1.29, 1.82) is 0 Å². The Labute approximate surface area is 109 Å². The van der Waals surface area contributed by atoms with E-state index in [1.165, 1.54) is 7.11 Å². The van der Waals surface area contributed by atoms with Crippen molar-refractivity contribution < 1.29 is 9.53 Å². The van der Waals surface area contributed by atoms with Gasteiger partial charge in [0.15, 0.2) is 5.54 Å². The summed E-state index contributed by atoms with van der Waals surface area (Å²) in [4.78, 5) is 14.1. The van der Waals surface area contributed by atoms with Crippen molar-refractivity contribution in [2.45, 2.75) is 25.4 Å².